The van der Waals surface area contributed by atoms with Crippen molar-refractivity contribution in [1.82, 2.24) is 10.6 Å². The molecule has 9 nitrogen and oxygen atoms in total. The molecule has 212 valence electrons. The molecule has 1 heterocycles. The van der Waals surface area contributed by atoms with Gasteiger partial charge >= 0.3 is 5.97 Å². The van der Waals surface area contributed by atoms with E-state index in [2.05, 4.69) is 17.6 Å². The van der Waals surface area contributed by atoms with Crippen LogP contribution in [0, 0.1) is 0 Å². The van der Waals surface area contributed by atoms with E-state index in [1.807, 2.05) is 0 Å². The van der Waals surface area contributed by atoms with E-state index >= 15 is 0 Å². The number of halogens is 2. The van der Waals surface area contributed by atoms with E-state index in [0.29, 0.717) is 33.5 Å². The Morgan fingerprint density at radius 3 is 2.26 bits per heavy atom. The smallest absolute Gasteiger partial charge is 0.326 e. The van der Waals surface area contributed by atoms with Gasteiger partial charge in [0, 0.05) is 28.6 Å². The van der Waals surface area contributed by atoms with Crippen LogP contribution in [-0.4, -0.2) is 54.5 Å². The third kappa shape index (κ3) is 9.39. The Bertz CT molecular complexity index is 1090. The highest BCUT2D eigenvalue weighted by Gasteiger charge is 2.41. The van der Waals surface area contributed by atoms with Gasteiger partial charge in [0.1, 0.15) is 25.2 Å². The van der Waals surface area contributed by atoms with Crippen molar-refractivity contribution < 1.29 is 33.7 Å². The van der Waals surface area contributed by atoms with Crippen LogP contribution >= 0.6 is 23.2 Å². The first-order valence-corrected chi connectivity index (χ1v) is 13.7. The fraction of sp³-hybridized carbons (Fsp3) is 0.464. The van der Waals surface area contributed by atoms with Crippen molar-refractivity contribution in [2.24, 2.45) is 0 Å². The van der Waals surface area contributed by atoms with Crippen LogP contribution in [0.4, 0.5) is 0 Å². The van der Waals surface area contributed by atoms with Gasteiger partial charge in [-0.1, -0.05) is 74.0 Å². The number of ether oxygens (including phenoxy) is 3. The summed E-state index contributed by atoms with van der Waals surface area (Å²) in [5.74, 6) is -1.85. The number of hydrogen-bond donors (Lipinski definition) is 3. The van der Waals surface area contributed by atoms with Crippen molar-refractivity contribution in [3.8, 4) is 5.75 Å². The number of hydrogen-bond acceptors (Lipinski definition) is 6. The monoisotopic (exact) mass is 580 g/mol. The summed E-state index contributed by atoms with van der Waals surface area (Å²) < 4.78 is 16.4. The molecular weight excluding hydrogens is 547 g/mol. The first kappa shape index (κ1) is 30.7. The van der Waals surface area contributed by atoms with Crippen LogP contribution in [0.25, 0.3) is 0 Å². The van der Waals surface area contributed by atoms with Gasteiger partial charge in [-0.25, -0.2) is 4.79 Å². The van der Waals surface area contributed by atoms with Crippen LogP contribution in [0.3, 0.4) is 0 Å². The molecule has 1 aliphatic rings. The van der Waals surface area contributed by atoms with Crippen LogP contribution in [0.5, 0.6) is 5.75 Å². The predicted octanol–water partition coefficient (Wildman–Crippen LogP) is 4.51. The van der Waals surface area contributed by atoms with Gasteiger partial charge in [0.15, 0.2) is 12.2 Å². The van der Waals surface area contributed by atoms with Gasteiger partial charge in [0.25, 0.3) is 11.8 Å². The first-order chi connectivity index (χ1) is 18.8. The number of amides is 2. The predicted molar refractivity (Wildman–Crippen MR) is 147 cm³/mol. The highest BCUT2D eigenvalue weighted by atomic mass is 35.5. The number of rotatable bonds is 15. The molecule has 11 heteroatoms. The van der Waals surface area contributed by atoms with E-state index in [4.69, 9.17) is 37.4 Å². The summed E-state index contributed by atoms with van der Waals surface area (Å²) in [6, 6.07) is 10.8. The lowest BCUT2D eigenvalue weighted by Gasteiger charge is -2.20. The van der Waals surface area contributed by atoms with Gasteiger partial charge in [0.2, 0.25) is 0 Å². The summed E-state index contributed by atoms with van der Waals surface area (Å²) in [5.41, 5.74) is 1.32. The minimum Gasteiger partial charge on any atom is -0.489 e. The average Bonchev–Trinajstić information content (AvgIpc) is 3.41. The minimum atomic E-state index is -1.24. The zero-order valence-electron chi connectivity index (χ0n) is 21.8. The number of unbranched alkanes of at least 4 members (excludes halogenated alkanes) is 4. The van der Waals surface area contributed by atoms with Crippen molar-refractivity contribution in [3.05, 3.63) is 63.6 Å². The number of benzene rings is 2. The Morgan fingerprint density at radius 2 is 1.62 bits per heavy atom. The molecule has 0 unspecified atom stereocenters. The van der Waals surface area contributed by atoms with Gasteiger partial charge in [-0.3, -0.25) is 9.59 Å². The molecule has 2 amide bonds. The zero-order valence-corrected chi connectivity index (χ0v) is 23.3. The molecule has 1 fully saturated rings. The number of carbonyl (C=O) groups is 3. The summed E-state index contributed by atoms with van der Waals surface area (Å²) in [7, 11) is 0. The molecule has 1 saturated heterocycles. The van der Waals surface area contributed by atoms with Crippen LogP contribution in [0.1, 0.15) is 50.2 Å². The molecule has 0 radical (unpaired) electrons. The van der Waals surface area contributed by atoms with Crippen molar-refractivity contribution in [2.75, 3.05) is 13.3 Å². The fourth-order valence-electron chi connectivity index (χ4n) is 4.06. The molecule has 1 aliphatic heterocycles. The van der Waals surface area contributed by atoms with Gasteiger partial charge in [-0.15, -0.1) is 0 Å². The molecule has 0 spiro atoms. The van der Waals surface area contributed by atoms with E-state index in [1.165, 1.54) is 0 Å². The molecule has 0 aromatic heterocycles. The number of aliphatic carboxylic acids is 1. The fourth-order valence-corrected chi connectivity index (χ4v) is 4.57. The Balaban J connectivity index is 1.51. The maximum Gasteiger partial charge on any atom is 0.326 e. The standard InChI is InChI=1S/C28H34Cl2N2O7/c1-2-3-4-5-6-14-31-26(33)24-25(39-17-38-24)27(34)32-23(28(35)36)15-18-10-12-19(13-11-18)37-16-20-21(29)8-7-9-22(20)30/h7-13,23-25H,2-6,14-17H2,1H3,(H,31,33)(H,32,34)(H,35,36)/t23-,24+,25+/m0/s1. The van der Waals surface area contributed by atoms with Gasteiger partial charge in [0.05, 0.1) is 0 Å². The van der Waals surface area contributed by atoms with E-state index in [1.54, 1.807) is 42.5 Å². The average molecular weight is 581 g/mol. The highest BCUT2D eigenvalue weighted by Crippen LogP contribution is 2.26. The van der Waals surface area contributed by atoms with E-state index < -0.39 is 36.0 Å². The topological polar surface area (TPSA) is 123 Å². The van der Waals surface area contributed by atoms with Crippen LogP contribution in [-0.2, 0) is 36.9 Å². The lowest BCUT2D eigenvalue weighted by atomic mass is 10.0. The second-order valence-electron chi connectivity index (χ2n) is 9.23. The molecule has 3 rings (SSSR count). The number of carboxylic acids is 1. The molecular formula is C28H34Cl2N2O7. The lowest BCUT2D eigenvalue weighted by Crippen LogP contribution is -2.52. The minimum absolute atomic E-state index is 0.0138. The Kier molecular flexibility index (Phi) is 12.3. The molecule has 2 aromatic rings. The largest absolute Gasteiger partial charge is 0.489 e. The summed E-state index contributed by atoms with van der Waals surface area (Å²) in [5, 5.41) is 15.9. The Morgan fingerprint density at radius 1 is 0.974 bits per heavy atom. The zero-order chi connectivity index (χ0) is 28.2. The molecule has 0 bridgehead atoms. The summed E-state index contributed by atoms with van der Waals surface area (Å²) >= 11 is 12.3. The van der Waals surface area contributed by atoms with Crippen molar-refractivity contribution >= 4 is 41.0 Å². The number of carboxylic acid groups (broad SMARTS) is 1. The Hall–Kier alpha value is -2.85. The first-order valence-electron chi connectivity index (χ1n) is 13.0. The quantitative estimate of drug-likeness (QED) is 0.265. The molecule has 3 N–H and O–H groups in total. The van der Waals surface area contributed by atoms with E-state index in [0.717, 1.165) is 32.1 Å². The van der Waals surface area contributed by atoms with Crippen LogP contribution < -0.4 is 15.4 Å². The maximum atomic E-state index is 12.8. The molecule has 0 saturated carbocycles. The van der Waals surface area contributed by atoms with E-state index in [-0.39, 0.29) is 19.8 Å². The van der Waals surface area contributed by atoms with Crippen LogP contribution in [0.2, 0.25) is 10.0 Å². The van der Waals surface area contributed by atoms with Crippen molar-refractivity contribution in [1.29, 1.82) is 0 Å². The molecule has 3 atom stereocenters. The molecule has 0 aliphatic carbocycles. The number of nitrogens with one attached hydrogen (secondary N) is 2. The van der Waals surface area contributed by atoms with Crippen LogP contribution in [0.15, 0.2) is 42.5 Å². The number of carbonyl (C=O) groups excluding carboxylic acids is 2. The van der Waals surface area contributed by atoms with Gasteiger partial charge < -0.3 is 30.0 Å². The van der Waals surface area contributed by atoms with Crippen molar-refractivity contribution in [2.45, 2.75) is 70.3 Å². The second-order valence-corrected chi connectivity index (χ2v) is 10.0. The highest BCUT2D eigenvalue weighted by molar-refractivity contribution is 6.35. The Labute approximate surface area is 238 Å². The third-order valence-electron chi connectivity index (χ3n) is 6.29. The molecule has 39 heavy (non-hydrogen) atoms. The summed E-state index contributed by atoms with van der Waals surface area (Å²) in [4.78, 5) is 37.3. The van der Waals surface area contributed by atoms with E-state index in [9.17, 15) is 19.5 Å². The summed E-state index contributed by atoms with van der Waals surface area (Å²) in [6.45, 7) is 2.54. The third-order valence-corrected chi connectivity index (χ3v) is 7.00. The lowest BCUT2D eigenvalue weighted by molar-refractivity contribution is -0.144. The van der Waals surface area contributed by atoms with Crippen molar-refractivity contribution in [3.63, 3.8) is 0 Å². The van der Waals surface area contributed by atoms with Gasteiger partial charge in [-0.2, -0.15) is 0 Å². The second kappa shape index (κ2) is 15.7. The normalized spacial score (nSPS) is 17.4. The maximum absolute atomic E-state index is 12.8. The summed E-state index contributed by atoms with van der Waals surface area (Å²) in [6.07, 6.45) is 2.85. The molecule has 2 aromatic carbocycles. The van der Waals surface area contributed by atoms with Gasteiger partial charge in [-0.05, 0) is 36.2 Å². The SMILES string of the molecule is CCCCCCCNC(=O)[C@@H]1OCO[C@H]1C(=O)N[C@@H](Cc1ccc(OCc2c(Cl)cccc2Cl)cc1)C(=O)O.